The number of rotatable bonds is 11. The zero-order chi connectivity index (χ0) is 13.1. The molecule has 0 aromatic heterocycles. The smallest absolute Gasteiger partial charge is 0.201 e. The normalized spacial score (nSPS) is 13.5. The monoisotopic (exact) mass is 263 g/mol. The van der Waals surface area contributed by atoms with Gasteiger partial charge in [0.15, 0.2) is 0 Å². The average molecular weight is 263 g/mol. The highest BCUT2D eigenvalue weighted by atomic mass is 32.2. The Bertz CT molecular complexity index is 288. The lowest BCUT2D eigenvalue weighted by Gasteiger charge is -2.06. The lowest BCUT2D eigenvalue weighted by Crippen LogP contribution is -2.14. The average Bonchev–Trinajstić information content (AvgIpc) is 2.32. The van der Waals surface area contributed by atoms with Gasteiger partial charge in [-0.3, -0.25) is 0 Å². The summed E-state index contributed by atoms with van der Waals surface area (Å²) in [5, 5.41) is -0.625. The Morgan fingerprint density at radius 2 is 1.41 bits per heavy atom. The highest BCUT2D eigenvalue weighted by Gasteiger charge is 2.20. The molecule has 0 saturated heterocycles. The minimum absolute atomic E-state index is 0.545. The maximum atomic E-state index is 11.1. The van der Waals surface area contributed by atoms with E-state index in [4.69, 9.17) is 0 Å². The van der Waals surface area contributed by atoms with Crippen LogP contribution in [-0.2, 0) is 10.0 Å². The van der Waals surface area contributed by atoms with Crippen molar-refractivity contribution in [2.45, 2.75) is 76.9 Å². The third-order valence-electron chi connectivity index (χ3n) is 3.08. The Hall–Kier alpha value is -0.450. The highest BCUT2D eigenvalue weighted by molar-refractivity contribution is 7.90. The van der Waals surface area contributed by atoms with Crippen LogP contribution in [0.2, 0.25) is 0 Å². The van der Waals surface area contributed by atoms with Crippen LogP contribution in [0.4, 0.5) is 0 Å². The molecule has 0 aromatic rings. The van der Waals surface area contributed by atoms with Crippen LogP contribution in [0.1, 0.15) is 71.6 Å². The van der Waals surface area contributed by atoms with Crippen LogP contribution >= 0.6 is 0 Å². The quantitative estimate of drug-likeness (QED) is 0.418. The van der Waals surface area contributed by atoms with Crippen molar-refractivity contribution in [3.8, 4) is 0 Å². The van der Waals surface area contributed by atoms with E-state index in [0.29, 0.717) is 6.42 Å². The molecule has 0 saturated carbocycles. The zero-order valence-electron chi connectivity index (χ0n) is 11.0. The predicted octanol–water partition coefficient (Wildman–Crippen LogP) is 4.00. The van der Waals surface area contributed by atoms with Crippen LogP contribution in [0, 0.1) is 4.91 Å². The van der Waals surface area contributed by atoms with Crippen molar-refractivity contribution < 1.29 is 8.42 Å². The van der Waals surface area contributed by atoms with Crippen molar-refractivity contribution in [1.82, 2.24) is 0 Å². The first kappa shape index (κ1) is 16.6. The molecular formula is C12H25NO3S. The van der Waals surface area contributed by atoms with Crippen molar-refractivity contribution >= 4 is 10.0 Å². The number of hydrogen-bond acceptors (Lipinski definition) is 3. The van der Waals surface area contributed by atoms with Crippen LogP contribution in [0.3, 0.4) is 0 Å². The van der Waals surface area contributed by atoms with Gasteiger partial charge in [-0.05, 0) is 13.3 Å². The summed E-state index contributed by atoms with van der Waals surface area (Å²) in [4.78, 5) is 10.1. The van der Waals surface area contributed by atoms with E-state index in [2.05, 4.69) is 11.5 Å². The molecule has 0 rings (SSSR count). The van der Waals surface area contributed by atoms with E-state index < -0.39 is 15.3 Å². The fourth-order valence-corrected chi connectivity index (χ4v) is 2.40. The third-order valence-corrected chi connectivity index (χ3v) is 4.54. The van der Waals surface area contributed by atoms with Gasteiger partial charge in [0.05, 0.1) is 9.83 Å². The molecule has 0 aliphatic rings. The Morgan fingerprint density at radius 1 is 0.941 bits per heavy atom. The van der Waals surface area contributed by atoms with E-state index in [9.17, 15) is 13.3 Å². The van der Waals surface area contributed by atoms with E-state index in [-0.39, 0.29) is 0 Å². The molecule has 0 N–H and O–H groups in total. The summed E-state index contributed by atoms with van der Waals surface area (Å²) in [6.45, 7) is 3.75. The van der Waals surface area contributed by atoms with E-state index in [0.717, 1.165) is 19.3 Å². The number of hydrogen-bond donors (Lipinski definition) is 0. The molecule has 17 heavy (non-hydrogen) atoms. The summed E-state index contributed by atoms with van der Waals surface area (Å²) in [6.07, 6.45) is 9.98. The van der Waals surface area contributed by atoms with Crippen LogP contribution in [0.15, 0.2) is 4.58 Å². The Morgan fingerprint density at radius 3 is 1.88 bits per heavy atom. The first-order chi connectivity index (χ1) is 8.04. The number of nitrogens with zero attached hydrogens (tertiary/aromatic N) is 1. The van der Waals surface area contributed by atoms with Gasteiger partial charge in [-0.1, -0.05) is 58.3 Å². The molecule has 0 aliphatic heterocycles. The lowest BCUT2D eigenvalue weighted by atomic mass is 10.1. The highest BCUT2D eigenvalue weighted by Crippen LogP contribution is 2.14. The maximum Gasteiger partial charge on any atom is 0.290 e. The molecule has 0 aliphatic carbocycles. The molecule has 0 fully saturated rings. The summed E-state index contributed by atoms with van der Waals surface area (Å²) < 4.78 is 24.3. The van der Waals surface area contributed by atoms with E-state index in [1.54, 1.807) is 6.92 Å². The summed E-state index contributed by atoms with van der Waals surface area (Å²) >= 11 is 0. The van der Waals surface area contributed by atoms with Gasteiger partial charge in [0.2, 0.25) is 0 Å². The van der Waals surface area contributed by atoms with Crippen molar-refractivity contribution in [3.63, 3.8) is 0 Å². The first-order valence-corrected chi connectivity index (χ1v) is 8.13. The number of sulfonamides is 1. The van der Waals surface area contributed by atoms with Crippen molar-refractivity contribution in [2.75, 3.05) is 0 Å². The molecular weight excluding hydrogens is 238 g/mol. The second-order valence-corrected chi connectivity index (χ2v) is 6.65. The number of unbranched alkanes of at least 4 members (excludes halogenated alkanes) is 7. The van der Waals surface area contributed by atoms with Crippen LogP contribution in [-0.4, -0.2) is 13.7 Å². The molecule has 1 unspecified atom stereocenters. The van der Waals surface area contributed by atoms with Gasteiger partial charge in [0, 0.05) is 0 Å². The molecule has 102 valence electrons. The molecule has 1 atom stereocenters. The second-order valence-electron chi connectivity index (χ2n) is 4.66. The molecule has 0 bridgehead atoms. The molecule has 0 amide bonds. The van der Waals surface area contributed by atoms with E-state index in [1.807, 2.05) is 0 Å². The number of nitroso groups, excluding NO2 is 1. The molecule has 5 heteroatoms. The van der Waals surface area contributed by atoms with Gasteiger partial charge in [-0.2, -0.15) is 0 Å². The zero-order valence-corrected chi connectivity index (χ0v) is 11.8. The SMILES string of the molecule is CCCCCCCCCCC(C)S(=O)(=O)N=O. The fraction of sp³-hybridized carbons (Fsp3) is 1.00. The summed E-state index contributed by atoms with van der Waals surface area (Å²) in [5.74, 6) is 0. The van der Waals surface area contributed by atoms with Gasteiger partial charge in [-0.25, -0.2) is 8.42 Å². The van der Waals surface area contributed by atoms with Gasteiger partial charge in [0.25, 0.3) is 10.0 Å². The Labute approximate surface area is 105 Å². The maximum absolute atomic E-state index is 11.1. The van der Waals surface area contributed by atoms with Crippen LogP contribution < -0.4 is 0 Å². The van der Waals surface area contributed by atoms with Crippen molar-refractivity contribution in [2.24, 2.45) is 4.58 Å². The third kappa shape index (κ3) is 8.30. The topological polar surface area (TPSA) is 63.6 Å². The molecule has 0 aromatic carbocycles. The standard InChI is InChI=1S/C12H25NO3S/c1-3-4-5-6-7-8-9-10-11-12(2)17(15,16)13-14/h12H,3-11H2,1-2H3. The van der Waals surface area contributed by atoms with Gasteiger partial charge < -0.3 is 0 Å². The van der Waals surface area contributed by atoms with E-state index >= 15 is 0 Å². The molecule has 0 radical (unpaired) electrons. The second kappa shape index (κ2) is 9.57. The largest absolute Gasteiger partial charge is 0.290 e. The summed E-state index contributed by atoms with van der Waals surface area (Å²) in [5.41, 5.74) is 0. The summed E-state index contributed by atoms with van der Waals surface area (Å²) in [6, 6.07) is 0. The molecule has 0 heterocycles. The first-order valence-electron chi connectivity index (χ1n) is 6.63. The van der Waals surface area contributed by atoms with Gasteiger partial charge >= 0.3 is 0 Å². The molecule has 0 spiro atoms. The lowest BCUT2D eigenvalue weighted by molar-refractivity contribution is 0.547. The van der Waals surface area contributed by atoms with Gasteiger partial charge in [-0.15, -0.1) is 4.91 Å². The van der Waals surface area contributed by atoms with Crippen molar-refractivity contribution in [3.05, 3.63) is 4.91 Å². The molecule has 4 nitrogen and oxygen atoms in total. The predicted molar refractivity (Wildman–Crippen MR) is 71.4 cm³/mol. The van der Waals surface area contributed by atoms with Crippen molar-refractivity contribution in [1.29, 1.82) is 0 Å². The fourth-order valence-electron chi connectivity index (χ4n) is 1.79. The Kier molecular flexibility index (Phi) is 9.31. The van der Waals surface area contributed by atoms with Gasteiger partial charge in [0.1, 0.15) is 0 Å². The minimum atomic E-state index is -3.73. The minimum Gasteiger partial charge on any atom is -0.201 e. The van der Waals surface area contributed by atoms with Crippen LogP contribution in [0.25, 0.3) is 0 Å². The Balaban J connectivity index is 3.43. The van der Waals surface area contributed by atoms with Crippen LogP contribution in [0.5, 0.6) is 0 Å². The van der Waals surface area contributed by atoms with E-state index in [1.165, 1.54) is 32.1 Å². The summed E-state index contributed by atoms with van der Waals surface area (Å²) in [7, 11) is -3.73.